The number of para-hydroxylation sites is 2. The summed E-state index contributed by atoms with van der Waals surface area (Å²) in [5, 5.41) is 20.0. The molecular weight excluding hydrogens is 424 g/mol. The van der Waals surface area contributed by atoms with Crippen molar-refractivity contribution in [1.82, 2.24) is 19.7 Å². The third-order valence-electron chi connectivity index (χ3n) is 4.86. The number of aromatic nitrogens is 4. The number of hydrogen-bond acceptors (Lipinski definition) is 6. The second kappa shape index (κ2) is 9.27. The van der Waals surface area contributed by atoms with Crippen LogP contribution in [0.3, 0.4) is 0 Å². The molecule has 3 N–H and O–H groups in total. The predicted octanol–water partition coefficient (Wildman–Crippen LogP) is 3.97. The summed E-state index contributed by atoms with van der Waals surface area (Å²) in [5.41, 5.74) is 3.99. The maximum Gasteiger partial charge on any atom is 0.234 e. The van der Waals surface area contributed by atoms with Crippen molar-refractivity contribution >= 4 is 34.4 Å². The number of benzene rings is 2. The van der Waals surface area contributed by atoms with Gasteiger partial charge in [0.05, 0.1) is 23.4 Å². The largest absolute Gasteiger partial charge is 0.492 e. The summed E-state index contributed by atoms with van der Waals surface area (Å²) in [6, 6.07) is 15.1. The highest BCUT2D eigenvalue weighted by atomic mass is 32.2. The average Bonchev–Trinajstić information content (AvgIpc) is 3.16. The third-order valence-corrected chi connectivity index (χ3v) is 5.79. The first-order valence-corrected chi connectivity index (χ1v) is 11.2. The Kier molecular flexibility index (Phi) is 6.27. The minimum absolute atomic E-state index is 0.131. The van der Waals surface area contributed by atoms with Gasteiger partial charge in [-0.15, -0.1) is 0 Å². The van der Waals surface area contributed by atoms with E-state index in [2.05, 4.69) is 20.5 Å². The van der Waals surface area contributed by atoms with E-state index in [-0.39, 0.29) is 17.1 Å². The van der Waals surface area contributed by atoms with Gasteiger partial charge in [-0.2, -0.15) is 5.10 Å². The molecule has 0 aliphatic rings. The van der Waals surface area contributed by atoms with E-state index in [1.807, 2.05) is 69.3 Å². The smallest absolute Gasteiger partial charge is 0.234 e. The van der Waals surface area contributed by atoms with Crippen LogP contribution >= 0.6 is 11.8 Å². The molecule has 4 aromatic rings. The third kappa shape index (κ3) is 4.38. The van der Waals surface area contributed by atoms with E-state index in [1.54, 1.807) is 4.57 Å². The quantitative estimate of drug-likeness (QED) is 0.293. The molecule has 0 radical (unpaired) electrons. The molecule has 0 saturated heterocycles. The molecule has 2 aromatic carbocycles. The molecule has 164 valence electrons. The van der Waals surface area contributed by atoms with E-state index in [1.165, 1.54) is 11.8 Å². The van der Waals surface area contributed by atoms with Crippen molar-refractivity contribution < 1.29 is 9.53 Å². The Hall–Kier alpha value is -3.59. The summed E-state index contributed by atoms with van der Waals surface area (Å²) < 4.78 is 7.50. The van der Waals surface area contributed by atoms with Crippen molar-refractivity contribution in [3.05, 3.63) is 65.3 Å². The molecule has 0 aliphatic carbocycles. The number of anilines is 1. The normalized spacial score (nSPS) is 11.0. The van der Waals surface area contributed by atoms with Gasteiger partial charge in [-0.05, 0) is 45.0 Å². The molecule has 2 heterocycles. The second-order valence-corrected chi connectivity index (χ2v) is 8.17. The van der Waals surface area contributed by atoms with E-state index in [0.29, 0.717) is 34.2 Å². The van der Waals surface area contributed by atoms with Gasteiger partial charge in [0.1, 0.15) is 11.2 Å². The molecule has 4 rings (SSSR count). The molecule has 32 heavy (non-hydrogen) atoms. The van der Waals surface area contributed by atoms with Crippen LogP contribution in [-0.2, 0) is 4.79 Å². The molecule has 0 fully saturated rings. The number of thioether (sulfide) groups is 1. The fourth-order valence-electron chi connectivity index (χ4n) is 3.33. The molecule has 0 bridgehead atoms. The lowest BCUT2D eigenvalue weighted by atomic mass is 10.2. The number of hydrogen-bond donors (Lipinski definition) is 3. The Morgan fingerprint density at radius 1 is 1.19 bits per heavy atom. The number of amides is 1. The fourth-order valence-corrected chi connectivity index (χ4v) is 4.13. The van der Waals surface area contributed by atoms with Gasteiger partial charge in [0.15, 0.2) is 10.8 Å². The first-order chi connectivity index (χ1) is 15.5. The van der Waals surface area contributed by atoms with Crippen molar-refractivity contribution in [2.75, 3.05) is 17.7 Å². The highest BCUT2D eigenvalue weighted by molar-refractivity contribution is 7.99. The minimum Gasteiger partial charge on any atom is -0.492 e. The summed E-state index contributed by atoms with van der Waals surface area (Å²) in [4.78, 5) is 17.2. The Morgan fingerprint density at radius 2 is 1.94 bits per heavy atom. The van der Waals surface area contributed by atoms with Crippen molar-refractivity contribution in [1.29, 1.82) is 5.41 Å². The molecule has 2 aromatic heterocycles. The number of aryl methyl sites for hydroxylation is 2. The van der Waals surface area contributed by atoms with Crippen molar-refractivity contribution in [2.45, 2.75) is 25.9 Å². The lowest BCUT2D eigenvalue weighted by Gasteiger charge is -2.16. The zero-order valence-electron chi connectivity index (χ0n) is 18.1. The molecule has 9 heteroatoms. The first kappa shape index (κ1) is 21.6. The minimum atomic E-state index is -0.157. The Labute approximate surface area is 189 Å². The van der Waals surface area contributed by atoms with E-state index in [4.69, 9.17) is 10.1 Å². The van der Waals surface area contributed by atoms with Gasteiger partial charge in [0, 0.05) is 11.4 Å². The van der Waals surface area contributed by atoms with Gasteiger partial charge in [-0.3, -0.25) is 19.9 Å². The van der Waals surface area contributed by atoms with Gasteiger partial charge >= 0.3 is 0 Å². The Bertz CT molecular complexity index is 1330. The Morgan fingerprint density at radius 3 is 2.69 bits per heavy atom. The SMILES string of the molecule is CCOc1ccccc1-n1c(SCC(=O)Nc2ccc(C)cc2)nc2n[nH]c(C)c2c1=N. The van der Waals surface area contributed by atoms with Crippen LogP contribution < -0.4 is 15.5 Å². The van der Waals surface area contributed by atoms with E-state index < -0.39 is 0 Å². The van der Waals surface area contributed by atoms with Gasteiger partial charge in [0.25, 0.3) is 0 Å². The molecule has 0 saturated carbocycles. The zero-order chi connectivity index (χ0) is 22.7. The Balaban J connectivity index is 1.71. The van der Waals surface area contributed by atoms with Crippen LogP contribution in [0.5, 0.6) is 5.75 Å². The number of carbonyl (C=O) groups is 1. The summed E-state index contributed by atoms with van der Waals surface area (Å²) in [6.07, 6.45) is 0. The molecule has 0 spiro atoms. The average molecular weight is 449 g/mol. The van der Waals surface area contributed by atoms with Gasteiger partial charge in [0.2, 0.25) is 5.91 Å². The van der Waals surface area contributed by atoms with Crippen LogP contribution in [0.1, 0.15) is 18.2 Å². The van der Waals surface area contributed by atoms with Crippen molar-refractivity contribution in [2.24, 2.45) is 0 Å². The topological polar surface area (TPSA) is 109 Å². The van der Waals surface area contributed by atoms with Crippen LogP contribution in [0.15, 0.2) is 53.7 Å². The highest BCUT2D eigenvalue weighted by Crippen LogP contribution is 2.27. The predicted molar refractivity (Wildman–Crippen MR) is 126 cm³/mol. The number of fused-ring (bicyclic) bond motifs is 1. The standard InChI is InChI=1S/C23H24N6O2S/c1-4-31-18-8-6-5-7-17(18)29-21(24)20-15(3)27-28-22(20)26-23(29)32-13-19(30)25-16-11-9-14(2)10-12-16/h5-12,24H,4,13H2,1-3H3,(H,25,30)(H,27,28). The van der Waals surface area contributed by atoms with Crippen LogP contribution in [0, 0.1) is 19.3 Å². The molecule has 0 unspecified atom stereocenters. The molecule has 0 atom stereocenters. The van der Waals surface area contributed by atoms with E-state index in [0.717, 1.165) is 16.9 Å². The van der Waals surface area contributed by atoms with Crippen molar-refractivity contribution in [3.8, 4) is 11.4 Å². The second-order valence-electron chi connectivity index (χ2n) is 7.23. The van der Waals surface area contributed by atoms with Gasteiger partial charge < -0.3 is 10.1 Å². The number of aromatic amines is 1. The summed E-state index contributed by atoms with van der Waals surface area (Å²) in [6.45, 7) is 6.26. The number of H-pyrrole nitrogens is 1. The summed E-state index contributed by atoms with van der Waals surface area (Å²) in [5.74, 6) is 0.614. The highest BCUT2D eigenvalue weighted by Gasteiger charge is 2.18. The molecule has 1 amide bonds. The number of carbonyl (C=O) groups excluding carboxylic acids is 1. The van der Waals surface area contributed by atoms with Gasteiger partial charge in [-0.1, -0.05) is 41.6 Å². The van der Waals surface area contributed by atoms with Crippen LogP contribution in [0.2, 0.25) is 0 Å². The number of rotatable bonds is 7. The number of nitrogens with one attached hydrogen (secondary N) is 3. The maximum atomic E-state index is 12.6. The maximum absolute atomic E-state index is 12.6. The van der Waals surface area contributed by atoms with Gasteiger partial charge in [-0.25, -0.2) is 4.98 Å². The summed E-state index contributed by atoms with van der Waals surface area (Å²) in [7, 11) is 0. The van der Waals surface area contributed by atoms with E-state index >= 15 is 0 Å². The van der Waals surface area contributed by atoms with E-state index in [9.17, 15) is 4.79 Å². The van der Waals surface area contributed by atoms with Crippen LogP contribution in [-0.4, -0.2) is 38.0 Å². The molecule has 0 aliphatic heterocycles. The fraction of sp³-hybridized carbons (Fsp3) is 0.217. The van der Waals surface area contributed by atoms with Crippen LogP contribution in [0.4, 0.5) is 5.69 Å². The van der Waals surface area contributed by atoms with Crippen molar-refractivity contribution in [3.63, 3.8) is 0 Å². The lowest BCUT2D eigenvalue weighted by molar-refractivity contribution is -0.113. The lowest BCUT2D eigenvalue weighted by Crippen LogP contribution is -2.23. The number of nitrogens with zero attached hydrogens (tertiary/aromatic N) is 3. The first-order valence-electron chi connectivity index (χ1n) is 10.2. The molecule has 8 nitrogen and oxygen atoms in total. The summed E-state index contributed by atoms with van der Waals surface area (Å²) >= 11 is 1.25. The van der Waals surface area contributed by atoms with Crippen LogP contribution in [0.25, 0.3) is 16.7 Å². The zero-order valence-corrected chi connectivity index (χ0v) is 18.9. The monoisotopic (exact) mass is 448 g/mol. The molecular formula is C23H24N6O2S. The number of ether oxygens (including phenoxy) is 1.